The van der Waals surface area contributed by atoms with E-state index in [4.69, 9.17) is 11.5 Å². The molecule has 0 aromatic rings. The Labute approximate surface area is 86.7 Å². The predicted molar refractivity (Wildman–Crippen MR) is 54.3 cm³/mol. The van der Waals surface area contributed by atoms with E-state index in [0.29, 0.717) is 6.42 Å². The summed E-state index contributed by atoms with van der Waals surface area (Å²) in [4.78, 5) is 25.8. The van der Waals surface area contributed by atoms with E-state index in [0.717, 1.165) is 5.75 Å². The van der Waals surface area contributed by atoms with Gasteiger partial charge in [0.05, 0.1) is 6.04 Å². The fourth-order valence-electron chi connectivity index (χ4n) is 0.630. The highest BCUT2D eigenvalue weighted by Gasteiger charge is 2.12. The van der Waals surface area contributed by atoms with Crippen LogP contribution >= 0.6 is 11.8 Å². The highest BCUT2D eigenvalue weighted by atomic mass is 32.2. The molecule has 2 amide bonds. The number of primary amides is 1. The Morgan fingerprint density at radius 2 is 2.21 bits per heavy atom. The van der Waals surface area contributed by atoms with E-state index in [1.165, 1.54) is 0 Å². The molecule has 0 bridgehead atoms. The van der Waals surface area contributed by atoms with Gasteiger partial charge in [-0.25, -0.2) is 5.48 Å². The van der Waals surface area contributed by atoms with Crippen LogP contribution in [0.25, 0.3) is 0 Å². The molecule has 0 saturated carbocycles. The molecule has 5 N–H and O–H groups in total. The van der Waals surface area contributed by atoms with Gasteiger partial charge in [0.2, 0.25) is 5.91 Å². The van der Waals surface area contributed by atoms with Crippen molar-refractivity contribution in [2.24, 2.45) is 11.5 Å². The first-order valence-corrected chi connectivity index (χ1v) is 5.41. The van der Waals surface area contributed by atoms with Crippen LogP contribution in [0, 0.1) is 0 Å². The minimum atomic E-state index is -0.650. The van der Waals surface area contributed by atoms with Gasteiger partial charge in [0, 0.05) is 0 Å². The van der Waals surface area contributed by atoms with Gasteiger partial charge >= 0.3 is 0 Å². The number of carbonyl (C=O) groups is 2. The molecule has 6 nitrogen and oxygen atoms in total. The second kappa shape index (κ2) is 7.60. The standard InChI is InChI=1S/C7H15N3O3S/c1-14-3-2-5(8)7(12)10-13-4-6(9)11/h5H,2-4,8H2,1H3,(H2,9,11)(H,10,12)/t5-/m0/s1. The van der Waals surface area contributed by atoms with Gasteiger partial charge in [0.25, 0.3) is 5.91 Å². The number of rotatable bonds is 7. The third-order valence-corrected chi connectivity index (χ3v) is 2.00. The van der Waals surface area contributed by atoms with Crippen LogP contribution in [-0.4, -0.2) is 36.5 Å². The van der Waals surface area contributed by atoms with Gasteiger partial charge < -0.3 is 11.5 Å². The number of carbonyl (C=O) groups excluding carboxylic acids is 2. The molecule has 0 unspecified atom stereocenters. The SMILES string of the molecule is CSCC[C@H](N)C(=O)NOCC(N)=O. The van der Waals surface area contributed by atoms with Crippen LogP contribution in [0.2, 0.25) is 0 Å². The molecular formula is C7H15N3O3S. The topological polar surface area (TPSA) is 107 Å². The van der Waals surface area contributed by atoms with Crippen molar-refractivity contribution in [2.75, 3.05) is 18.6 Å². The van der Waals surface area contributed by atoms with Gasteiger partial charge in [-0.2, -0.15) is 11.8 Å². The van der Waals surface area contributed by atoms with Crippen molar-refractivity contribution >= 4 is 23.6 Å². The normalized spacial score (nSPS) is 12.1. The molecule has 14 heavy (non-hydrogen) atoms. The lowest BCUT2D eigenvalue weighted by Crippen LogP contribution is -2.42. The average molecular weight is 221 g/mol. The Hall–Kier alpha value is -0.790. The zero-order chi connectivity index (χ0) is 11.0. The third-order valence-electron chi connectivity index (χ3n) is 1.36. The van der Waals surface area contributed by atoms with Gasteiger partial charge in [-0.3, -0.25) is 14.4 Å². The first-order valence-electron chi connectivity index (χ1n) is 4.02. The van der Waals surface area contributed by atoms with E-state index in [2.05, 4.69) is 4.84 Å². The average Bonchev–Trinajstić information content (AvgIpc) is 2.13. The number of amides is 2. The number of nitrogens with one attached hydrogen (secondary N) is 1. The lowest BCUT2D eigenvalue weighted by molar-refractivity contribution is -0.139. The fraction of sp³-hybridized carbons (Fsp3) is 0.714. The van der Waals surface area contributed by atoms with Gasteiger partial charge in [0.15, 0.2) is 6.61 Å². The van der Waals surface area contributed by atoms with Gasteiger partial charge in [-0.05, 0) is 18.4 Å². The van der Waals surface area contributed by atoms with E-state index in [1.807, 2.05) is 11.7 Å². The molecule has 82 valence electrons. The van der Waals surface area contributed by atoms with Crippen LogP contribution in [0.4, 0.5) is 0 Å². The monoisotopic (exact) mass is 221 g/mol. The summed E-state index contributed by atoms with van der Waals surface area (Å²) in [7, 11) is 0. The molecule has 0 aliphatic carbocycles. The summed E-state index contributed by atoms with van der Waals surface area (Å²) in [6, 6.07) is -0.615. The van der Waals surface area contributed by atoms with Gasteiger partial charge in [-0.1, -0.05) is 0 Å². The molecule has 0 aromatic carbocycles. The van der Waals surface area contributed by atoms with Crippen LogP contribution in [0.5, 0.6) is 0 Å². The largest absolute Gasteiger partial charge is 0.368 e. The van der Waals surface area contributed by atoms with Gasteiger partial charge in [-0.15, -0.1) is 0 Å². The quantitative estimate of drug-likeness (QED) is 0.458. The summed E-state index contributed by atoms with van der Waals surface area (Å²) in [6.07, 6.45) is 2.49. The third kappa shape index (κ3) is 6.70. The van der Waals surface area contributed by atoms with E-state index in [9.17, 15) is 9.59 Å². The molecule has 0 aromatic heterocycles. The highest BCUT2D eigenvalue weighted by Crippen LogP contribution is 1.98. The van der Waals surface area contributed by atoms with Crippen LogP contribution in [0.15, 0.2) is 0 Å². The first kappa shape index (κ1) is 13.2. The maximum atomic E-state index is 11.1. The Morgan fingerprint density at radius 1 is 1.57 bits per heavy atom. The Bertz CT molecular complexity index is 201. The molecule has 0 aliphatic heterocycles. The molecule has 0 spiro atoms. The molecule has 1 atom stereocenters. The summed E-state index contributed by atoms with van der Waals surface area (Å²) in [6.45, 7) is -0.346. The highest BCUT2D eigenvalue weighted by molar-refractivity contribution is 7.98. The number of hydroxylamine groups is 1. The zero-order valence-electron chi connectivity index (χ0n) is 7.99. The molecule has 7 heteroatoms. The van der Waals surface area contributed by atoms with E-state index < -0.39 is 17.9 Å². The molecule has 0 rings (SSSR count). The predicted octanol–water partition coefficient (Wildman–Crippen LogP) is -1.40. The number of thioether (sulfide) groups is 1. The maximum Gasteiger partial charge on any atom is 0.260 e. The second-order valence-corrected chi connectivity index (χ2v) is 3.59. The minimum Gasteiger partial charge on any atom is -0.368 e. The van der Waals surface area contributed by atoms with Crippen LogP contribution in [-0.2, 0) is 14.4 Å². The zero-order valence-corrected chi connectivity index (χ0v) is 8.80. The van der Waals surface area contributed by atoms with Crippen LogP contribution < -0.4 is 16.9 Å². The summed E-state index contributed by atoms with van der Waals surface area (Å²) in [5.74, 6) is -0.298. The van der Waals surface area contributed by atoms with E-state index in [-0.39, 0.29) is 6.61 Å². The number of hydrogen-bond donors (Lipinski definition) is 3. The second-order valence-electron chi connectivity index (χ2n) is 2.61. The molecule has 0 radical (unpaired) electrons. The molecular weight excluding hydrogens is 206 g/mol. The summed E-state index contributed by atoms with van der Waals surface area (Å²) in [5, 5.41) is 0. The molecule has 0 fully saturated rings. The van der Waals surface area contributed by atoms with Crippen molar-refractivity contribution in [3.8, 4) is 0 Å². The summed E-state index contributed by atoms with van der Waals surface area (Å²) >= 11 is 1.60. The fourth-order valence-corrected chi connectivity index (χ4v) is 1.12. The summed E-state index contributed by atoms with van der Waals surface area (Å²) < 4.78 is 0. The van der Waals surface area contributed by atoms with Crippen molar-refractivity contribution in [3.05, 3.63) is 0 Å². The molecule has 0 saturated heterocycles. The number of hydrogen-bond acceptors (Lipinski definition) is 5. The van der Waals surface area contributed by atoms with Crippen molar-refractivity contribution in [1.82, 2.24) is 5.48 Å². The maximum absolute atomic E-state index is 11.1. The first-order chi connectivity index (χ1) is 6.57. The lowest BCUT2D eigenvalue weighted by atomic mass is 10.2. The van der Waals surface area contributed by atoms with Crippen molar-refractivity contribution in [2.45, 2.75) is 12.5 Å². The van der Waals surface area contributed by atoms with Crippen LogP contribution in [0.3, 0.4) is 0 Å². The van der Waals surface area contributed by atoms with Gasteiger partial charge in [0.1, 0.15) is 0 Å². The minimum absolute atomic E-state index is 0.346. The van der Waals surface area contributed by atoms with E-state index in [1.54, 1.807) is 11.8 Å². The van der Waals surface area contributed by atoms with Crippen molar-refractivity contribution in [1.29, 1.82) is 0 Å². The van der Waals surface area contributed by atoms with Crippen LogP contribution in [0.1, 0.15) is 6.42 Å². The lowest BCUT2D eigenvalue weighted by Gasteiger charge is -2.10. The summed E-state index contributed by atoms with van der Waals surface area (Å²) in [5.41, 5.74) is 12.3. The Kier molecular flexibility index (Phi) is 7.17. The smallest absolute Gasteiger partial charge is 0.260 e. The van der Waals surface area contributed by atoms with Crippen molar-refractivity contribution in [3.63, 3.8) is 0 Å². The molecule has 0 heterocycles. The van der Waals surface area contributed by atoms with Crippen molar-refractivity contribution < 1.29 is 14.4 Å². The number of nitrogens with two attached hydrogens (primary N) is 2. The van der Waals surface area contributed by atoms with E-state index >= 15 is 0 Å². The Morgan fingerprint density at radius 3 is 2.71 bits per heavy atom. The Balaban J connectivity index is 3.56. The molecule has 0 aliphatic rings.